The third-order valence-electron chi connectivity index (χ3n) is 4.03. The van der Waals surface area contributed by atoms with Crippen molar-refractivity contribution >= 4 is 24.3 Å². The van der Waals surface area contributed by atoms with Crippen LogP contribution in [0, 0.1) is 13.8 Å². The van der Waals surface area contributed by atoms with Gasteiger partial charge in [-0.25, -0.2) is 4.98 Å². The van der Waals surface area contributed by atoms with Crippen LogP contribution in [0.3, 0.4) is 0 Å². The van der Waals surface area contributed by atoms with E-state index in [2.05, 4.69) is 42.1 Å². The zero-order valence-corrected chi connectivity index (χ0v) is 13.5. The van der Waals surface area contributed by atoms with Crippen LogP contribution in [0.5, 0.6) is 0 Å². The summed E-state index contributed by atoms with van der Waals surface area (Å²) in [7, 11) is 0. The predicted molar refractivity (Wildman–Crippen MR) is 91.3 cm³/mol. The van der Waals surface area contributed by atoms with E-state index in [1.807, 2.05) is 26.0 Å². The Kier molecular flexibility index (Phi) is 3.99. The standard InChI is InChI=1S/C15H22N8/c1-10-8-12(19-13-9-11(2)21-22-13)20-14(18-10)23-6-4-15(16,17-3)5-7-23/h8-9H,3-7,16H2,1-2H3,(H2,18,19,20,21,22). The maximum absolute atomic E-state index is 6.14. The van der Waals surface area contributed by atoms with Gasteiger partial charge in [0.1, 0.15) is 11.5 Å². The fourth-order valence-corrected chi connectivity index (χ4v) is 2.62. The number of piperidine rings is 1. The summed E-state index contributed by atoms with van der Waals surface area (Å²) < 4.78 is 0. The van der Waals surface area contributed by atoms with Gasteiger partial charge in [-0.15, -0.1) is 0 Å². The molecule has 3 rings (SSSR count). The van der Waals surface area contributed by atoms with Gasteiger partial charge in [-0.3, -0.25) is 10.1 Å². The minimum atomic E-state index is -0.520. The van der Waals surface area contributed by atoms with Crippen LogP contribution in [0.1, 0.15) is 24.2 Å². The lowest BCUT2D eigenvalue weighted by Gasteiger charge is -2.36. The van der Waals surface area contributed by atoms with Gasteiger partial charge in [0.2, 0.25) is 5.95 Å². The molecule has 8 nitrogen and oxygen atoms in total. The number of H-pyrrole nitrogens is 1. The Hall–Kier alpha value is -2.48. The Labute approximate surface area is 135 Å². The third-order valence-corrected chi connectivity index (χ3v) is 4.03. The van der Waals surface area contributed by atoms with Crippen molar-refractivity contribution in [3.8, 4) is 0 Å². The molecule has 3 heterocycles. The van der Waals surface area contributed by atoms with Gasteiger partial charge in [0.05, 0.1) is 0 Å². The van der Waals surface area contributed by atoms with Crippen LogP contribution in [-0.4, -0.2) is 45.6 Å². The van der Waals surface area contributed by atoms with Crippen LogP contribution in [0.25, 0.3) is 0 Å². The summed E-state index contributed by atoms with van der Waals surface area (Å²) in [6.45, 7) is 9.02. The highest BCUT2D eigenvalue weighted by atomic mass is 15.3. The number of hydrogen-bond donors (Lipinski definition) is 3. The Morgan fingerprint density at radius 2 is 2.00 bits per heavy atom. The molecule has 23 heavy (non-hydrogen) atoms. The predicted octanol–water partition coefficient (Wildman–Crippen LogP) is 1.52. The second-order valence-electron chi connectivity index (χ2n) is 6.00. The first-order valence-corrected chi connectivity index (χ1v) is 7.64. The van der Waals surface area contributed by atoms with E-state index in [1.165, 1.54) is 0 Å². The summed E-state index contributed by atoms with van der Waals surface area (Å²) >= 11 is 0. The van der Waals surface area contributed by atoms with E-state index < -0.39 is 5.66 Å². The molecule has 0 amide bonds. The molecule has 0 bridgehead atoms. The average Bonchev–Trinajstić information content (AvgIpc) is 2.92. The molecule has 0 atom stereocenters. The van der Waals surface area contributed by atoms with Crippen molar-refractivity contribution in [2.24, 2.45) is 10.7 Å². The summed E-state index contributed by atoms with van der Waals surface area (Å²) in [6.07, 6.45) is 1.49. The number of nitrogens with one attached hydrogen (secondary N) is 2. The van der Waals surface area contributed by atoms with Gasteiger partial charge < -0.3 is 16.0 Å². The normalized spacial score (nSPS) is 17.1. The van der Waals surface area contributed by atoms with Gasteiger partial charge in [0.25, 0.3) is 0 Å². The Morgan fingerprint density at radius 1 is 1.26 bits per heavy atom. The average molecular weight is 314 g/mol. The van der Waals surface area contributed by atoms with Gasteiger partial charge >= 0.3 is 0 Å². The quantitative estimate of drug-likeness (QED) is 0.738. The highest BCUT2D eigenvalue weighted by Gasteiger charge is 2.30. The molecular formula is C15H22N8. The van der Waals surface area contributed by atoms with E-state index in [0.717, 1.165) is 49.0 Å². The molecule has 1 saturated heterocycles. The van der Waals surface area contributed by atoms with Crippen molar-refractivity contribution in [1.82, 2.24) is 20.2 Å². The van der Waals surface area contributed by atoms with E-state index in [-0.39, 0.29) is 0 Å². The van der Waals surface area contributed by atoms with Crippen LogP contribution in [0.4, 0.5) is 17.6 Å². The molecule has 1 aliphatic heterocycles. The summed E-state index contributed by atoms with van der Waals surface area (Å²) in [5.41, 5.74) is 7.51. The van der Waals surface area contributed by atoms with Crippen LogP contribution < -0.4 is 16.0 Å². The molecule has 4 N–H and O–H groups in total. The maximum atomic E-state index is 6.14. The van der Waals surface area contributed by atoms with Gasteiger partial charge in [0, 0.05) is 49.5 Å². The van der Waals surface area contributed by atoms with E-state index >= 15 is 0 Å². The van der Waals surface area contributed by atoms with E-state index in [4.69, 9.17) is 5.73 Å². The van der Waals surface area contributed by atoms with Crippen molar-refractivity contribution in [2.75, 3.05) is 23.3 Å². The lowest BCUT2D eigenvalue weighted by molar-refractivity contribution is 0.348. The highest BCUT2D eigenvalue weighted by Crippen LogP contribution is 2.24. The minimum Gasteiger partial charge on any atom is -0.340 e. The van der Waals surface area contributed by atoms with Crippen molar-refractivity contribution in [3.05, 3.63) is 23.5 Å². The lowest BCUT2D eigenvalue weighted by Crippen LogP contribution is -2.49. The molecule has 0 saturated carbocycles. The first-order valence-electron chi connectivity index (χ1n) is 7.64. The molecule has 0 aliphatic carbocycles. The van der Waals surface area contributed by atoms with E-state index in [9.17, 15) is 0 Å². The van der Waals surface area contributed by atoms with Crippen molar-refractivity contribution in [2.45, 2.75) is 32.4 Å². The molecule has 2 aromatic rings. The SMILES string of the molecule is C=NC1(N)CCN(c2nc(C)cc(Nc3cc(C)[nH]n3)n2)CC1. The van der Waals surface area contributed by atoms with Gasteiger partial charge in [-0.1, -0.05) is 0 Å². The fraction of sp³-hybridized carbons (Fsp3) is 0.467. The highest BCUT2D eigenvalue weighted by molar-refractivity contribution is 5.54. The molecular weight excluding hydrogens is 292 g/mol. The number of nitrogens with zero attached hydrogens (tertiary/aromatic N) is 5. The second kappa shape index (κ2) is 5.96. The summed E-state index contributed by atoms with van der Waals surface area (Å²) in [4.78, 5) is 15.3. The third kappa shape index (κ3) is 3.48. The van der Waals surface area contributed by atoms with Gasteiger partial charge in [0.15, 0.2) is 5.82 Å². The second-order valence-corrected chi connectivity index (χ2v) is 6.00. The largest absolute Gasteiger partial charge is 0.340 e. The van der Waals surface area contributed by atoms with Crippen LogP contribution in [0.15, 0.2) is 17.1 Å². The van der Waals surface area contributed by atoms with Crippen molar-refractivity contribution < 1.29 is 0 Å². The number of aromatic nitrogens is 4. The van der Waals surface area contributed by atoms with Gasteiger partial charge in [-0.2, -0.15) is 10.1 Å². The number of nitrogens with two attached hydrogens (primary N) is 1. The number of aryl methyl sites for hydroxylation is 2. The number of hydrogen-bond acceptors (Lipinski definition) is 7. The number of rotatable bonds is 4. The zero-order valence-electron chi connectivity index (χ0n) is 13.5. The van der Waals surface area contributed by atoms with E-state index in [1.54, 1.807) is 0 Å². The Bertz CT molecular complexity index is 699. The minimum absolute atomic E-state index is 0.520. The summed E-state index contributed by atoms with van der Waals surface area (Å²) in [6, 6.07) is 3.83. The van der Waals surface area contributed by atoms with Crippen molar-refractivity contribution in [1.29, 1.82) is 0 Å². The number of anilines is 3. The smallest absolute Gasteiger partial charge is 0.227 e. The molecule has 0 spiro atoms. The first-order chi connectivity index (χ1) is 11.0. The molecule has 2 aromatic heterocycles. The maximum Gasteiger partial charge on any atom is 0.227 e. The van der Waals surface area contributed by atoms with Crippen LogP contribution in [-0.2, 0) is 0 Å². The summed E-state index contributed by atoms with van der Waals surface area (Å²) in [5, 5.41) is 10.3. The lowest BCUT2D eigenvalue weighted by atomic mass is 9.99. The fourth-order valence-electron chi connectivity index (χ4n) is 2.62. The van der Waals surface area contributed by atoms with Crippen LogP contribution >= 0.6 is 0 Å². The molecule has 0 aromatic carbocycles. The van der Waals surface area contributed by atoms with E-state index in [0.29, 0.717) is 5.95 Å². The number of aliphatic imine (C=N–C) groups is 1. The monoisotopic (exact) mass is 314 g/mol. The Morgan fingerprint density at radius 3 is 2.61 bits per heavy atom. The molecule has 0 unspecified atom stereocenters. The van der Waals surface area contributed by atoms with Crippen LogP contribution in [0.2, 0.25) is 0 Å². The molecule has 0 radical (unpaired) electrons. The first kappa shape index (κ1) is 15.4. The zero-order chi connectivity index (χ0) is 16.4. The topological polar surface area (TPSA) is 108 Å². The van der Waals surface area contributed by atoms with Gasteiger partial charge in [-0.05, 0) is 20.6 Å². The number of aromatic amines is 1. The Balaban J connectivity index is 1.77. The molecule has 8 heteroatoms. The van der Waals surface area contributed by atoms with Crippen molar-refractivity contribution in [3.63, 3.8) is 0 Å². The molecule has 1 aliphatic rings. The molecule has 1 fully saturated rings. The molecule has 122 valence electrons. The summed E-state index contributed by atoms with van der Waals surface area (Å²) in [5.74, 6) is 2.17.